The molecule has 0 unspecified atom stereocenters. The average molecular weight is 338 g/mol. The fourth-order valence-corrected chi connectivity index (χ4v) is 3.49. The van der Waals surface area contributed by atoms with Gasteiger partial charge in [0, 0.05) is 32.8 Å². The standard InChI is InChI=1S/C17H24ClN3O2/c1-13(16-7-4-12-23-16)19-17(22)21-10-8-20(9-11-21)15-6-3-2-5-14(15)18/h2-3,5-6,13,16H,4,7-12H2,1H3,(H,19,22)/t13-,16-/m1/s1. The second-order valence-electron chi connectivity index (χ2n) is 6.22. The molecule has 1 N–H and O–H groups in total. The topological polar surface area (TPSA) is 44.8 Å². The average Bonchev–Trinajstić information content (AvgIpc) is 3.10. The summed E-state index contributed by atoms with van der Waals surface area (Å²) in [6.45, 7) is 5.83. The van der Waals surface area contributed by atoms with Crippen molar-refractivity contribution >= 4 is 23.3 Å². The molecule has 1 aromatic carbocycles. The van der Waals surface area contributed by atoms with Gasteiger partial charge in [-0.1, -0.05) is 23.7 Å². The number of hydrogen-bond donors (Lipinski definition) is 1. The lowest BCUT2D eigenvalue weighted by Gasteiger charge is -2.37. The van der Waals surface area contributed by atoms with E-state index >= 15 is 0 Å². The van der Waals surface area contributed by atoms with Crippen LogP contribution in [0.15, 0.2) is 24.3 Å². The molecule has 2 atom stereocenters. The molecule has 2 amide bonds. The molecule has 0 spiro atoms. The minimum Gasteiger partial charge on any atom is -0.376 e. The number of amides is 2. The third kappa shape index (κ3) is 3.90. The summed E-state index contributed by atoms with van der Waals surface area (Å²) >= 11 is 6.25. The van der Waals surface area contributed by atoms with Crippen LogP contribution >= 0.6 is 11.6 Å². The Hall–Kier alpha value is -1.46. The molecule has 0 aliphatic carbocycles. The zero-order valence-corrected chi connectivity index (χ0v) is 14.3. The third-order valence-electron chi connectivity index (χ3n) is 4.63. The van der Waals surface area contributed by atoms with Crippen LogP contribution in [0.4, 0.5) is 10.5 Å². The van der Waals surface area contributed by atoms with Gasteiger partial charge in [0.25, 0.3) is 0 Å². The number of hydrogen-bond acceptors (Lipinski definition) is 3. The van der Waals surface area contributed by atoms with Crippen molar-refractivity contribution in [1.29, 1.82) is 0 Å². The Kier molecular flexibility index (Phi) is 5.28. The van der Waals surface area contributed by atoms with Crippen molar-refractivity contribution in [2.45, 2.75) is 31.9 Å². The number of urea groups is 1. The Morgan fingerprint density at radius 1 is 1.30 bits per heavy atom. The molecule has 6 heteroatoms. The molecule has 0 saturated carbocycles. The molecule has 0 radical (unpaired) electrons. The molecule has 23 heavy (non-hydrogen) atoms. The molecule has 2 saturated heterocycles. The summed E-state index contributed by atoms with van der Waals surface area (Å²) in [4.78, 5) is 16.5. The quantitative estimate of drug-likeness (QED) is 0.922. The lowest BCUT2D eigenvalue weighted by molar-refractivity contribution is 0.0831. The van der Waals surface area contributed by atoms with E-state index < -0.39 is 0 Å². The SMILES string of the molecule is C[C@@H](NC(=O)N1CCN(c2ccccc2Cl)CC1)[C@H]1CCCO1. The van der Waals surface area contributed by atoms with Gasteiger partial charge in [-0.3, -0.25) is 0 Å². The van der Waals surface area contributed by atoms with Crippen LogP contribution in [0.1, 0.15) is 19.8 Å². The number of nitrogens with one attached hydrogen (secondary N) is 1. The monoisotopic (exact) mass is 337 g/mol. The molecule has 126 valence electrons. The van der Waals surface area contributed by atoms with Gasteiger partial charge >= 0.3 is 6.03 Å². The predicted octanol–water partition coefficient (Wildman–Crippen LogP) is 2.74. The van der Waals surface area contributed by atoms with Gasteiger partial charge < -0.3 is 19.9 Å². The molecular formula is C17H24ClN3O2. The smallest absolute Gasteiger partial charge is 0.317 e. The van der Waals surface area contributed by atoms with Crippen molar-refractivity contribution in [3.05, 3.63) is 29.3 Å². The minimum atomic E-state index is 0.00630. The Bertz CT molecular complexity index is 540. The van der Waals surface area contributed by atoms with Crippen molar-refractivity contribution < 1.29 is 9.53 Å². The number of ether oxygens (including phenoxy) is 1. The first kappa shape index (κ1) is 16.4. The summed E-state index contributed by atoms with van der Waals surface area (Å²) in [5, 5.41) is 3.84. The highest BCUT2D eigenvalue weighted by atomic mass is 35.5. The van der Waals surface area contributed by atoms with Crippen LogP contribution in [0, 0.1) is 0 Å². The van der Waals surface area contributed by atoms with Gasteiger partial charge in [0.05, 0.1) is 22.9 Å². The molecule has 0 aromatic heterocycles. The van der Waals surface area contributed by atoms with Crippen LogP contribution in [0.2, 0.25) is 5.02 Å². The first-order valence-electron chi connectivity index (χ1n) is 8.31. The first-order chi connectivity index (χ1) is 11.1. The molecule has 0 bridgehead atoms. The molecular weight excluding hydrogens is 314 g/mol. The molecule has 2 heterocycles. The van der Waals surface area contributed by atoms with Gasteiger partial charge in [0.2, 0.25) is 0 Å². The van der Waals surface area contributed by atoms with E-state index in [0.717, 1.165) is 43.2 Å². The van der Waals surface area contributed by atoms with Gasteiger partial charge in [0.1, 0.15) is 0 Å². The summed E-state index contributed by atoms with van der Waals surface area (Å²) < 4.78 is 5.63. The number of benzene rings is 1. The molecule has 2 aliphatic rings. The summed E-state index contributed by atoms with van der Waals surface area (Å²) in [7, 11) is 0. The summed E-state index contributed by atoms with van der Waals surface area (Å²) in [5.41, 5.74) is 1.04. The second kappa shape index (κ2) is 7.41. The van der Waals surface area contributed by atoms with E-state index in [4.69, 9.17) is 16.3 Å². The maximum atomic E-state index is 12.4. The van der Waals surface area contributed by atoms with E-state index in [1.807, 2.05) is 36.1 Å². The summed E-state index contributed by atoms with van der Waals surface area (Å²) in [6, 6.07) is 7.92. The Labute approximate surface area is 142 Å². The number of piperazine rings is 1. The number of anilines is 1. The van der Waals surface area contributed by atoms with Gasteiger partial charge in [-0.05, 0) is 31.9 Å². The fraction of sp³-hybridized carbons (Fsp3) is 0.588. The predicted molar refractivity (Wildman–Crippen MR) is 92.2 cm³/mol. The number of nitrogens with zero attached hydrogens (tertiary/aromatic N) is 2. The normalized spacial score (nSPS) is 23.0. The van der Waals surface area contributed by atoms with E-state index in [-0.39, 0.29) is 18.2 Å². The maximum absolute atomic E-state index is 12.4. The lowest BCUT2D eigenvalue weighted by atomic mass is 10.1. The largest absolute Gasteiger partial charge is 0.376 e. The van der Waals surface area contributed by atoms with E-state index in [9.17, 15) is 4.79 Å². The van der Waals surface area contributed by atoms with E-state index in [1.54, 1.807) is 0 Å². The van der Waals surface area contributed by atoms with Crippen molar-refractivity contribution in [1.82, 2.24) is 10.2 Å². The maximum Gasteiger partial charge on any atom is 0.317 e. The molecule has 2 fully saturated rings. The Morgan fingerprint density at radius 3 is 2.70 bits per heavy atom. The van der Waals surface area contributed by atoms with E-state index in [1.165, 1.54) is 0 Å². The number of carbonyl (C=O) groups excluding carboxylic acids is 1. The van der Waals surface area contributed by atoms with Gasteiger partial charge in [-0.15, -0.1) is 0 Å². The highest BCUT2D eigenvalue weighted by molar-refractivity contribution is 6.33. The minimum absolute atomic E-state index is 0.00630. The molecule has 1 aromatic rings. The molecule has 5 nitrogen and oxygen atoms in total. The van der Waals surface area contributed by atoms with Gasteiger partial charge in [0.15, 0.2) is 0 Å². The zero-order valence-electron chi connectivity index (χ0n) is 13.5. The van der Waals surface area contributed by atoms with Crippen LogP contribution in [0.25, 0.3) is 0 Å². The van der Waals surface area contributed by atoms with Crippen LogP contribution in [-0.2, 0) is 4.74 Å². The second-order valence-corrected chi connectivity index (χ2v) is 6.62. The van der Waals surface area contributed by atoms with Crippen molar-refractivity contribution in [2.24, 2.45) is 0 Å². The van der Waals surface area contributed by atoms with E-state index in [0.29, 0.717) is 13.1 Å². The van der Waals surface area contributed by atoms with E-state index in [2.05, 4.69) is 10.2 Å². The van der Waals surface area contributed by atoms with Gasteiger partial charge in [-0.2, -0.15) is 0 Å². The lowest BCUT2D eigenvalue weighted by Crippen LogP contribution is -2.54. The number of rotatable bonds is 3. The summed E-state index contributed by atoms with van der Waals surface area (Å²) in [6.07, 6.45) is 2.27. The zero-order chi connectivity index (χ0) is 16.2. The highest BCUT2D eigenvalue weighted by Crippen LogP contribution is 2.26. The summed E-state index contributed by atoms with van der Waals surface area (Å²) in [5.74, 6) is 0. The van der Waals surface area contributed by atoms with Crippen LogP contribution in [0.3, 0.4) is 0 Å². The number of carbonyl (C=O) groups is 1. The Balaban J connectivity index is 1.50. The number of para-hydroxylation sites is 1. The van der Waals surface area contributed by atoms with Gasteiger partial charge in [-0.25, -0.2) is 4.79 Å². The van der Waals surface area contributed by atoms with Crippen molar-refractivity contribution in [2.75, 3.05) is 37.7 Å². The van der Waals surface area contributed by atoms with Crippen molar-refractivity contribution in [3.8, 4) is 0 Å². The van der Waals surface area contributed by atoms with Crippen molar-refractivity contribution in [3.63, 3.8) is 0 Å². The van der Waals surface area contributed by atoms with Crippen LogP contribution in [0.5, 0.6) is 0 Å². The highest BCUT2D eigenvalue weighted by Gasteiger charge is 2.27. The third-order valence-corrected chi connectivity index (χ3v) is 4.95. The molecule has 3 rings (SSSR count). The fourth-order valence-electron chi connectivity index (χ4n) is 3.23. The molecule has 2 aliphatic heterocycles. The van der Waals surface area contributed by atoms with Crippen LogP contribution in [-0.4, -0.2) is 55.9 Å². The first-order valence-corrected chi connectivity index (χ1v) is 8.69. The van der Waals surface area contributed by atoms with Crippen LogP contribution < -0.4 is 10.2 Å². The Morgan fingerprint density at radius 2 is 2.04 bits per heavy atom. The number of halogens is 1.